The molecule has 0 amide bonds. The standard InChI is InChI=1S/C16H26N2/c1-3-15(17)8-7-14-9-10-18(12-14)16-6-4-5-13(2)11-16/h4-6,11,14-15H,3,7-10,12,17H2,1-2H3. The van der Waals surface area contributed by atoms with Crippen molar-refractivity contribution in [1.29, 1.82) is 0 Å². The van der Waals surface area contributed by atoms with Crippen molar-refractivity contribution in [2.45, 2.75) is 45.6 Å². The number of nitrogens with zero attached hydrogens (tertiary/aromatic N) is 1. The van der Waals surface area contributed by atoms with Crippen LogP contribution in [0.25, 0.3) is 0 Å². The fraction of sp³-hybridized carbons (Fsp3) is 0.625. The van der Waals surface area contributed by atoms with Gasteiger partial charge in [0.1, 0.15) is 0 Å². The first-order valence-corrected chi connectivity index (χ1v) is 7.26. The van der Waals surface area contributed by atoms with Gasteiger partial charge >= 0.3 is 0 Å². The zero-order valence-corrected chi connectivity index (χ0v) is 11.7. The van der Waals surface area contributed by atoms with Gasteiger partial charge in [-0.2, -0.15) is 0 Å². The van der Waals surface area contributed by atoms with Crippen LogP contribution in [0.2, 0.25) is 0 Å². The summed E-state index contributed by atoms with van der Waals surface area (Å²) in [6, 6.07) is 9.24. The minimum Gasteiger partial charge on any atom is -0.371 e. The third-order valence-corrected chi connectivity index (χ3v) is 4.12. The van der Waals surface area contributed by atoms with Crippen molar-refractivity contribution in [3.8, 4) is 0 Å². The van der Waals surface area contributed by atoms with Crippen LogP contribution in [0.5, 0.6) is 0 Å². The van der Waals surface area contributed by atoms with E-state index in [1.54, 1.807) is 0 Å². The Morgan fingerprint density at radius 3 is 3.00 bits per heavy atom. The Morgan fingerprint density at radius 1 is 1.44 bits per heavy atom. The maximum atomic E-state index is 6.00. The number of nitrogens with two attached hydrogens (primary N) is 1. The SMILES string of the molecule is CCC(N)CCC1CCN(c2cccc(C)c2)C1. The molecule has 2 rings (SSSR count). The maximum Gasteiger partial charge on any atom is 0.0368 e. The van der Waals surface area contributed by atoms with E-state index in [9.17, 15) is 0 Å². The Labute approximate surface area is 111 Å². The number of hydrogen-bond acceptors (Lipinski definition) is 2. The maximum absolute atomic E-state index is 6.00. The van der Waals surface area contributed by atoms with Crippen LogP contribution in [-0.4, -0.2) is 19.1 Å². The highest BCUT2D eigenvalue weighted by molar-refractivity contribution is 5.49. The van der Waals surface area contributed by atoms with E-state index in [-0.39, 0.29) is 0 Å². The minimum atomic E-state index is 0.401. The van der Waals surface area contributed by atoms with Crippen molar-refractivity contribution in [3.05, 3.63) is 29.8 Å². The first-order valence-electron chi connectivity index (χ1n) is 7.26. The van der Waals surface area contributed by atoms with Crippen molar-refractivity contribution in [3.63, 3.8) is 0 Å². The summed E-state index contributed by atoms with van der Waals surface area (Å²) in [5.74, 6) is 0.836. The lowest BCUT2D eigenvalue weighted by Gasteiger charge is -2.19. The van der Waals surface area contributed by atoms with Crippen LogP contribution >= 0.6 is 0 Å². The van der Waals surface area contributed by atoms with E-state index in [4.69, 9.17) is 5.73 Å². The van der Waals surface area contributed by atoms with Crippen LogP contribution in [0.1, 0.15) is 38.2 Å². The van der Waals surface area contributed by atoms with Crippen molar-refractivity contribution >= 4 is 5.69 Å². The summed E-state index contributed by atoms with van der Waals surface area (Å²) in [7, 11) is 0. The largest absolute Gasteiger partial charge is 0.371 e. The number of rotatable bonds is 5. The highest BCUT2D eigenvalue weighted by atomic mass is 15.1. The molecule has 1 fully saturated rings. The van der Waals surface area contributed by atoms with Crippen LogP contribution < -0.4 is 10.6 Å². The lowest BCUT2D eigenvalue weighted by Crippen LogP contribution is -2.22. The summed E-state index contributed by atoms with van der Waals surface area (Å²) in [6.45, 7) is 6.76. The highest BCUT2D eigenvalue weighted by Gasteiger charge is 2.22. The molecule has 0 spiro atoms. The van der Waals surface area contributed by atoms with E-state index in [2.05, 4.69) is 43.0 Å². The lowest BCUT2D eigenvalue weighted by molar-refractivity contribution is 0.464. The van der Waals surface area contributed by atoms with Gasteiger partial charge in [0, 0.05) is 24.8 Å². The summed E-state index contributed by atoms with van der Waals surface area (Å²) in [5.41, 5.74) is 8.74. The van der Waals surface area contributed by atoms with Crippen LogP contribution in [0.4, 0.5) is 5.69 Å². The van der Waals surface area contributed by atoms with Gasteiger partial charge in [-0.3, -0.25) is 0 Å². The van der Waals surface area contributed by atoms with E-state index in [0.717, 1.165) is 12.3 Å². The molecule has 1 aromatic carbocycles. The van der Waals surface area contributed by atoms with Gasteiger partial charge in [-0.05, 0) is 56.2 Å². The second-order valence-corrected chi connectivity index (χ2v) is 5.69. The van der Waals surface area contributed by atoms with E-state index in [0.29, 0.717) is 6.04 Å². The zero-order chi connectivity index (χ0) is 13.0. The molecule has 1 heterocycles. The van der Waals surface area contributed by atoms with Crippen molar-refractivity contribution < 1.29 is 0 Å². The molecular weight excluding hydrogens is 220 g/mol. The van der Waals surface area contributed by atoms with E-state index in [1.165, 1.54) is 43.6 Å². The third-order valence-electron chi connectivity index (χ3n) is 4.12. The number of aryl methyl sites for hydroxylation is 1. The second kappa shape index (κ2) is 6.24. The summed E-state index contributed by atoms with van der Waals surface area (Å²) >= 11 is 0. The number of anilines is 1. The predicted molar refractivity (Wildman–Crippen MR) is 79.0 cm³/mol. The van der Waals surface area contributed by atoms with Crippen LogP contribution in [-0.2, 0) is 0 Å². The Hall–Kier alpha value is -1.02. The molecule has 0 aliphatic carbocycles. The van der Waals surface area contributed by atoms with Crippen LogP contribution in [0.3, 0.4) is 0 Å². The topological polar surface area (TPSA) is 29.3 Å². The van der Waals surface area contributed by atoms with E-state index < -0.39 is 0 Å². The monoisotopic (exact) mass is 246 g/mol. The Morgan fingerprint density at radius 2 is 2.28 bits per heavy atom. The smallest absolute Gasteiger partial charge is 0.0368 e. The normalized spacial score (nSPS) is 21.3. The molecule has 2 heteroatoms. The Kier molecular flexibility index (Phi) is 4.65. The highest BCUT2D eigenvalue weighted by Crippen LogP contribution is 2.27. The van der Waals surface area contributed by atoms with Gasteiger partial charge in [-0.25, -0.2) is 0 Å². The van der Waals surface area contributed by atoms with Gasteiger partial charge in [0.25, 0.3) is 0 Å². The van der Waals surface area contributed by atoms with E-state index in [1.807, 2.05) is 0 Å². The van der Waals surface area contributed by atoms with Gasteiger partial charge in [0.2, 0.25) is 0 Å². The molecule has 1 aliphatic rings. The van der Waals surface area contributed by atoms with Crippen LogP contribution in [0.15, 0.2) is 24.3 Å². The fourth-order valence-electron chi connectivity index (χ4n) is 2.78. The molecule has 1 aromatic rings. The van der Waals surface area contributed by atoms with E-state index >= 15 is 0 Å². The molecule has 0 bridgehead atoms. The molecule has 1 aliphatic heterocycles. The molecule has 0 aromatic heterocycles. The first-order chi connectivity index (χ1) is 8.69. The molecule has 0 saturated carbocycles. The quantitative estimate of drug-likeness (QED) is 0.863. The van der Waals surface area contributed by atoms with Gasteiger partial charge in [0.05, 0.1) is 0 Å². The van der Waals surface area contributed by atoms with Gasteiger partial charge < -0.3 is 10.6 Å². The molecule has 0 radical (unpaired) electrons. The lowest BCUT2D eigenvalue weighted by atomic mass is 9.98. The Bertz CT molecular complexity index is 375. The average Bonchev–Trinajstić information content (AvgIpc) is 2.84. The summed E-state index contributed by atoms with van der Waals surface area (Å²) < 4.78 is 0. The predicted octanol–water partition coefficient (Wildman–Crippen LogP) is 3.34. The Balaban J connectivity index is 1.85. The third kappa shape index (κ3) is 3.49. The van der Waals surface area contributed by atoms with Gasteiger partial charge in [-0.1, -0.05) is 19.1 Å². The molecule has 2 unspecified atom stereocenters. The summed E-state index contributed by atoms with van der Waals surface area (Å²) in [4.78, 5) is 2.52. The van der Waals surface area contributed by atoms with Crippen LogP contribution in [0, 0.1) is 12.8 Å². The van der Waals surface area contributed by atoms with Crippen molar-refractivity contribution in [2.75, 3.05) is 18.0 Å². The van der Waals surface area contributed by atoms with Gasteiger partial charge in [0.15, 0.2) is 0 Å². The molecule has 1 saturated heterocycles. The molecular formula is C16H26N2. The zero-order valence-electron chi connectivity index (χ0n) is 11.7. The van der Waals surface area contributed by atoms with Crippen molar-refractivity contribution in [2.24, 2.45) is 11.7 Å². The summed E-state index contributed by atoms with van der Waals surface area (Å²) in [6.07, 6.45) is 4.90. The second-order valence-electron chi connectivity index (χ2n) is 5.69. The molecule has 100 valence electrons. The molecule has 18 heavy (non-hydrogen) atoms. The molecule has 2 N–H and O–H groups in total. The number of benzene rings is 1. The summed E-state index contributed by atoms with van der Waals surface area (Å²) in [5, 5.41) is 0. The minimum absolute atomic E-state index is 0.401. The molecule has 2 atom stereocenters. The first kappa shape index (κ1) is 13.4. The number of hydrogen-bond donors (Lipinski definition) is 1. The van der Waals surface area contributed by atoms with Crippen molar-refractivity contribution in [1.82, 2.24) is 0 Å². The molecule has 2 nitrogen and oxygen atoms in total. The van der Waals surface area contributed by atoms with Gasteiger partial charge in [-0.15, -0.1) is 0 Å². The average molecular weight is 246 g/mol. The fourth-order valence-corrected chi connectivity index (χ4v) is 2.78.